The molecule has 0 bridgehead atoms. The zero-order valence-electron chi connectivity index (χ0n) is 17.2. The first-order valence-corrected chi connectivity index (χ1v) is 10.5. The van der Waals surface area contributed by atoms with Crippen molar-refractivity contribution < 1.29 is 4.79 Å². The van der Waals surface area contributed by atoms with Crippen molar-refractivity contribution in [1.82, 2.24) is 4.90 Å². The van der Waals surface area contributed by atoms with Gasteiger partial charge in [-0.05, 0) is 31.6 Å². The number of hydrogen-bond acceptors (Lipinski definition) is 3. The van der Waals surface area contributed by atoms with Gasteiger partial charge in [-0.25, -0.2) is 0 Å². The number of unbranched alkanes of at least 4 members (excludes halogenated alkanes) is 3. The van der Waals surface area contributed by atoms with Crippen LogP contribution >= 0.6 is 0 Å². The molecule has 0 atom stereocenters. The maximum absolute atomic E-state index is 12.3. The molecule has 0 heterocycles. The fraction of sp³-hybridized carbons (Fsp3) is 0.522. The highest BCUT2D eigenvalue weighted by Crippen LogP contribution is 2.30. The lowest BCUT2D eigenvalue weighted by Crippen LogP contribution is -2.28. The summed E-state index contributed by atoms with van der Waals surface area (Å²) in [7, 11) is 0. The number of rotatable bonds is 12. The van der Waals surface area contributed by atoms with E-state index in [1.165, 1.54) is 12.8 Å². The number of likely N-dealkylation sites (N-methyl/N-ethyl adjacent to an activating group) is 1. The number of amides is 1. The monoisotopic (exact) mass is 369 g/mol. The van der Waals surface area contributed by atoms with E-state index >= 15 is 0 Å². The summed E-state index contributed by atoms with van der Waals surface area (Å²) in [5.74, 6) is 0.110. The number of carbonyl (C=O) groups excluding carboxylic acids is 1. The Morgan fingerprint density at radius 2 is 1.56 bits per heavy atom. The molecule has 148 valence electrons. The van der Waals surface area contributed by atoms with Crippen LogP contribution in [0.15, 0.2) is 36.4 Å². The van der Waals surface area contributed by atoms with E-state index in [9.17, 15) is 4.79 Å². The Balaban J connectivity index is 2.04. The number of benzene rings is 2. The summed E-state index contributed by atoms with van der Waals surface area (Å²) in [5, 5.41) is 8.91. The van der Waals surface area contributed by atoms with Crippen molar-refractivity contribution in [2.24, 2.45) is 0 Å². The highest BCUT2D eigenvalue weighted by Gasteiger charge is 2.09. The van der Waals surface area contributed by atoms with E-state index in [0.717, 1.165) is 61.2 Å². The highest BCUT2D eigenvalue weighted by atomic mass is 16.1. The van der Waals surface area contributed by atoms with E-state index in [1.54, 1.807) is 0 Å². The smallest absolute Gasteiger partial charge is 0.224 e. The van der Waals surface area contributed by atoms with Crippen LogP contribution in [0.2, 0.25) is 0 Å². The molecule has 0 saturated carbocycles. The molecule has 0 aromatic heterocycles. The van der Waals surface area contributed by atoms with Crippen LogP contribution in [0.4, 0.5) is 11.4 Å². The Bertz CT molecular complexity index is 710. The van der Waals surface area contributed by atoms with Crippen molar-refractivity contribution in [2.75, 3.05) is 36.8 Å². The second-order valence-electron chi connectivity index (χ2n) is 7.02. The highest BCUT2D eigenvalue weighted by molar-refractivity contribution is 6.06. The van der Waals surface area contributed by atoms with Gasteiger partial charge in [-0.1, -0.05) is 64.3 Å². The second-order valence-corrected chi connectivity index (χ2v) is 7.02. The molecular formula is C23H35N3O. The molecule has 4 heteroatoms. The Hall–Kier alpha value is -2.07. The molecule has 0 aliphatic heterocycles. The molecule has 0 spiro atoms. The van der Waals surface area contributed by atoms with Gasteiger partial charge in [-0.15, -0.1) is 0 Å². The molecule has 2 rings (SSSR count). The van der Waals surface area contributed by atoms with Crippen molar-refractivity contribution in [3.8, 4) is 0 Å². The van der Waals surface area contributed by atoms with Gasteiger partial charge in [0.05, 0.1) is 0 Å². The standard InChI is InChI=1S/C23H35N3O/c1-4-7-8-9-14-23(27)25-22-16-15-21(19-12-10-11-13-20(19)22)24-17-18-26(5-2)6-3/h10-13,15-16,24H,4-9,14,17-18H2,1-3H3,(H,25,27). The normalized spacial score (nSPS) is 11.1. The lowest BCUT2D eigenvalue weighted by Gasteiger charge is -2.19. The Kier molecular flexibility index (Phi) is 9.12. The van der Waals surface area contributed by atoms with Crippen LogP contribution in [0.1, 0.15) is 52.9 Å². The summed E-state index contributed by atoms with van der Waals surface area (Å²) in [6.45, 7) is 10.7. The van der Waals surface area contributed by atoms with Gasteiger partial charge < -0.3 is 15.5 Å². The van der Waals surface area contributed by atoms with Crippen molar-refractivity contribution in [3.05, 3.63) is 36.4 Å². The van der Waals surface area contributed by atoms with Gasteiger partial charge in [-0.2, -0.15) is 0 Å². The predicted molar refractivity (Wildman–Crippen MR) is 118 cm³/mol. The molecule has 0 unspecified atom stereocenters. The first kappa shape index (κ1) is 21.2. The Labute approximate surface area is 164 Å². The zero-order chi connectivity index (χ0) is 19.5. The largest absolute Gasteiger partial charge is 0.383 e. The number of carbonyl (C=O) groups is 1. The summed E-state index contributed by atoms with van der Waals surface area (Å²) in [6, 6.07) is 12.4. The fourth-order valence-corrected chi connectivity index (χ4v) is 3.38. The third-order valence-electron chi connectivity index (χ3n) is 5.09. The molecule has 2 aromatic rings. The van der Waals surface area contributed by atoms with E-state index < -0.39 is 0 Å². The predicted octanol–water partition coefficient (Wildman–Crippen LogP) is 5.50. The van der Waals surface area contributed by atoms with Crippen LogP contribution < -0.4 is 10.6 Å². The molecule has 4 nitrogen and oxygen atoms in total. The molecule has 27 heavy (non-hydrogen) atoms. The minimum absolute atomic E-state index is 0.110. The summed E-state index contributed by atoms with van der Waals surface area (Å²) in [4.78, 5) is 14.7. The first-order chi connectivity index (χ1) is 13.2. The molecule has 0 aliphatic carbocycles. The number of hydrogen-bond donors (Lipinski definition) is 2. The molecule has 0 fully saturated rings. The van der Waals surface area contributed by atoms with Crippen LogP contribution in [0, 0.1) is 0 Å². The summed E-state index contributed by atoms with van der Waals surface area (Å²) >= 11 is 0. The Morgan fingerprint density at radius 1 is 0.889 bits per heavy atom. The van der Waals surface area contributed by atoms with Crippen molar-refractivity contribution in [1.29, 1.82) is 0 Å². The topological polar surface area (TPSA) is 44.4 Å². The summed E-state index contributed by atoms with van der Waals surface area (Å²) in [6.07, 6.45) is 5.07. The zero-order valence-corrected chi connectivity index (χ0v) is 17.2. The summed E-state index contributed by atoms with van der Waals surface area (Å²) < 4.78 is 0. The first-order valence-electron chi connectivity index (χ1n) is 10.5. The van der Waals surface area contributed by atoms with Gasteiger partial charge >= 0.3 is 0 Å². The van der Waals surface area contributed by atoms with Crippen molar-refractivity contribution >= 4 is 28.1 Å². The minimum Gasteiger partial charge on any atom is -0.383 e. The van der Waals surface area contributed by atoms with Gasteiger partial charge in [0.15, 0.2) is 0 Å². The van der Waals surface area contributed by atoms with Crippen molar-refractivity contribution in [2.45, 2.75) is 52.9 Å². The average Bonchev–Trinajstić information content (AvgIpc) is 2.70. The summed E-state index contributed by atoms with van der Waals surface area (Å²) in [5.41, 5.74) is 2.03. The van der Waals surface area contributed by atoms with Gasteiger partial charge in [-0.3, -0.25) is 4.79 Å². The van der Waals surface area contributed by atoms with Crippen LogP contribution in [-0.2, 0) is 4.79 Å². The molecule has 2 N–H and O–H groups in total. The third kappa shape index (κ3) is 6.55. The third-order valence-corrected chi connectivity index (χ3v) is 5.09. The van der Waals surface area contributed by atoms with Crippen LogP contribution in [0.3, 0.4) is 0 Å². The number of anilines is 2. The van der Waals surface area contributed by atoms with Crippen LogP contribution in [0.5, 0.6) is 0 Å². The number of nitrogens with one attached hydrogen (secondary N) is 2. The lowest BCUT2D eigenvalue weighted by molar-refractivity contribution is -0.116. The average molecular weight is 370 g/mol. The molecule has 2 aromatic carbocycles. The maximum Gasteiger partial charge on any atom is 0.224 e. The molecular weight excluding hydrogens is 334 g/mol. The van der Waals surface area contributed by atoms with Gasteiger partial charge in [0, 0.05) is 41.7 Å². The van der Waals surface area contributed by atoms with Gasteiger partial charge in [0.1, 0.15) is 0 Å². The lowest BCUT2D eigenvalue weighted by atomic mass is 10.1. The molecule has 1 amide bonds. The van der Waals surface area contributed by atoms with Crippen molar-refractivity contribution in [3.63, 3.8) is 0 Å². The van der Waals surface area contributed by atoms with E-state index in [-0.39, 0.29) is 5.91 Å². The van der Waals surface area contributed by atoms with E-state index in [4.69, 9.17) is 0 Å². The molecule has 0 saturated heterocycles. The van der Waals surface area contributed by atoms with E-state index in [2.05, 4.69) is 54.5 Å². The fourth-order valence-electron chi connectivity index (χ4n) is 3.38. The number of fused-ring (bicyclic) bond motifs is 1. The maximum atomic E-state index is 12.3. The Morgan fingerprint density at radius 3 is 2.22 bits per heavy atom. The minimum atomic E-state index is 0.110. The quantitative estimate of drug-likeness (QED) is 0.485. The SMILES string of the molecule is CCCCCCC(=O)Nc1ccc(NCCN(CC)CC)c2ccccc12. The second kappa shape index (κ2) is 11.6. The van der Waals surface area contributed by atoms with Crippen LogP contribution in [0.25, 0.3) is 10.8 Å². The molecule has 0 aliphatic rings. The van der Waals surface area contributed by atoms with E-state index in [0.29, 0.717) is 6.42 Å². The van der Waals surface area contributed by atoms with Crippen LogP contribution in [-0.4, -0.2) is 37.0 Å². The number of nitrogens with zero attached hydrogens (tertiary/aromatic N) is 1. The van der Waals surface area contributed by atoms with Gasteiger partial charge in [0.25, 0.3) is 0 Å². The molecule has 0 radical (unpaired) electrons. The van der Waals surface area contributed by atoms with Gasteiger partial charge in [0.2, 0.25) is 5.91 Å². The van der Waals surface area contributed by atoms with E-state index in [1.807, 2.05) is 18.2 Å².